The lowest BCUT2D eigenvalue weighted by Gasteiger charge is -2.03. The highest BCUT2D eigenvalue weighted by Gasteiger charge is 2.09. The molecule has 2 heterocycles. The van der Waals surface area contributed by atoms with Crippen LogP contribution in [0.25, 0.3) is 5.65 Å². The number of rotatable bonds is 5. The fraction of sp³-hybridized carbons (Fsp3) is 0.176. The summed E-state index contributed by atoms with van der Waals surface area (Å²) in [6.07, 6.45) is 2.57. The third-order valence-corrected chi connectivity index (χ3v) is 3.75. The smallest absolute Gasteiger partial charge is 0.269 e. The van der Waals surface area contributed by atoms with Gasteiger partial charge in [-0.2, -0.15) is 0 Å². The molecule has 0 radical (unpaired) electrons. The first-order valence-corrected chi connectivity index (χ1v) is 7.51. The molecule has 1 N–H and O–H groups in total. The van der Waals surface area contributed by atoms with Crippen LogP contribution in [0.4, 0.5) is 5.69 Å². The number of nitro groups is 1. The Labute approximate surface area is 138 Å². The molecule has 24 heavy (non-hydrogen) atoms. The van der Waals surface area contributed by atoms with E-state index in [-0.39, 0.29) is 11.6 Å². The number of pyridine rings is 1. The van der Waals surface area contributed by atoms with Gasteiger partial charge in [0.1, 0.15) is 5.65 Å². The van der Waals surface area contributed by atoms with Gasteiger partial charge in [0.15, 0.2) is 0 Å². The lowest BCUT2D eigenvalue weighted by atomic mass is 10.2. The maximum absolute atomic E-state index is 12.0. The Bertz CT molecular complexity index is 900. The quantitative estimate of drug-likeness (QED) is 0.577. The monoisotopic (exact) mass is 324 g/mol. The number of fused-ring (bicyclic) bond motifs is 1. The average molecular weight is 324 g/mol. The molecule has 3 aromatic rings. The van der Waals surface area contributed by atoms with Crippen LogP contribution in [0.15, 0.2) is 48.7 Å². The van der Waals surface area contributed by atoms with E-state index in [0.29, 0.717) is 18.5 Å². The lowest BCUT2D eigenvalue weighted by Crippen LogP contribution is -2.25. The normalized spacial score (nSPS) is 10.7. The van der Waals surface area contributed by atoms with E-state index in [9.17, 15) is 14.9 Å². The number of hydrogen-bond donors (Lipinski definition) is 1. The first-order chi connectivity index (χ1) is 11.5. The van der Waals surface area contributed by atoms with Crippen LogP contribution in [-0.2, 0) is 6.42 Å². The Morgan fingerprint density at radius 3 is 2.67 bits per heavy atom. The molecule has 0 aliphatic rings. The molecule has 0 aliphatic carbocycles. The minimum atomic E-state index is -0.493. The molecular weight excluding hydrogens is 308 g/mol. The second-order valence-corrected chi connectivity index (χ2v) is 5.44. The predicted octanol–water partition coefficient (Wildman–Crippen LogP) is 2.52. The van der Waals surface area contributed by atoms with Crippen LogP contribution < -0.4 is 5.32 Å². The van der Waals surface area contributed by atoms with Crippen molar-refractivity contribution in [3.05, 3.63) is 75.7 Å². The highest BCUT2D eigenvalue weighted by atomic mass is 16.6. The number of nitrogens with zero attached hydrogens (tertiary/aromatic N) is 3. The van der Waals surface area contributed by atoms with Gasteiger partial charge in [-0.15, -0.1) is 0 Å². The number of nitrogens with one attached hydrogen (secondary N) is 1. The summed E-state index contributed by atoms with van der Waals surface area (Å²) in [6.45, 7) is 2.45. The van der Waals surface area contributed by atoms with Crippen molar-refractivity contribution in [2.24, 2.45) is 0 Å². The molecule has 7 nitrogen and oxygen atoms in total. The van der Waals surface area contributed by atoms with Gasteiger partial charge in [-0.1, -0.05) is 6.07 Å². The van der Waals surface area contributed by atoms with Gasteiger partial charge in [0.05, 0.1) is 10.6 Å². The second-order valence-electron chi connectivity index (χ2n) is 5.44. The summed E-state index contributed by atoms with van der Waals surface area (Å²) in [5.74, 6) is -0.259. The zero-order valence-electron chi connectivity index (χ0n) is 13.1. The number of carbonyl (C=O) groups is 1. The zero-order valence-corrected chi connectivity index (χ0v) is 13.1. The molecule has 0 unspecified atom stereocenters. The van der Waals surface area contributed by atoms with Gasteiger partial charge in [-0.3, -0.25) is 14.9 Å². The summed E-state index contributed by atoms with van der Waals surface area (Å²) in [6, 6.07) is 11.4. The molecule has 0 spiro atoms. The molecule has 0 bridgehead atoms. The third kappa shape index (κ3) is 3.24. The van der Waals surface area contributed by atoms with E-state index in [2.05, 4.69) is 10.3 Å². The van der Waals surface area contributed by atoms with Gasteiger partial charge in [0.2, 0.25) is 0 Å². The van der Waals surface area contributed by atoms with E-state index in [1.165, 1.54) is 24.3 Å². The van der Waals surface area contributed by atoms with Crippen LogP contribution in [0.1, 0.15) is 21.7 Å². The summed E-state index contributed by atoms with van der Waals surface area (Å²) in [5, 5.41) is 13.4. The number of non-ortho nitro benzene ring substituents is 1. The van der Waals surface area contributed by atoms with E-state index >= 15 is 0 Å². The molecule has 122 valence electrons. The molecule has 0 saturated carbocycles. The van der Waals surface area contributed by atoms with Crippen molar-refractivity contribution >= 4 is 17.2 Å². The molecule has 1 aromatic carbocycles. The van der Waals surface area contributed by atoms with Crippen LogP contribution in [-0.4, -0.2) is 26.8 Å². The van der Waals surface area contributed by atoms with Crippen molar-refractivity contribution in [1.82, 2.24) is 14.7 Å². The number of hydrogen-bond acceptors (Lipinski definition) is 4. The van der Waals surface area contributed by atoms with Crippen LogP contribution in [0.2, 0.25) is 0 Å². The van der Waals surface area contributed by atoms with Crippen LogP contribution in [0.3, 0.4) is 0 Å². The van der Waals surface area contributed by atoms with Gasteiger partial charge in [0.25, 0.3) is 11.6 Å². The van der Waals surface area contributed by atoms with Gasteiger partial charge < -0.3 is 9.72 Å². The maximum atomic E-state index is 12.0. The number of amides is 1. The Balaban J connectivity index is 1.59. The predicted molar refractivity (Wildman–Crippen MR) is 89.1 cm³/mol. The van der Waals surface area contributed by atoms with Gasteiger partial charge in [-0.05, 0) is 31.2 Å². The van der Waals surface area contributed by atoms with Crippen molar-refractivity contribution in [2.75, 3.05) is 6.54 Å². The number of imidazole rings is 1. The number of aryl methyl sites for hydroxylation is 1. The summed E-state index contributed by atoms with van der Waals surface area (Å²) in [5.41, 5.74) is 3.24. The number of nitro benzene ring substituents is 1. The van der Waals surface area contributed by atoms with Gasteiger partial charge >= 0.3 is 0 Å². The van der Waals surface area contributed by atoms with Gasteiger partial charge in [0, 0.05) is 42.6 Å². The van der Waals surface area contributed by atoms with Crippen molar-refractivity contribution < 1.29 is 9.72 Å². The zero-order chi connectivity index (χ0) is 17.1. The fourth-order valence-electron chi connectivity index (χ4n) is 2.46. The van der Waals surface area contributed by atoms with Gasteiger partial charge in [-0.25, -0.2) is 4.98 Å². The van der Waals surface area contributed by atoms with Crippen molar-refractivity contribution in [3.63, 3.8) is 0 Å². The Morgan fingerprint density at radius 1 is 1.25 bits per heavy atom. The molecule has 0 atom stereocenters. The Morgan fingerprint density at radius 2 is 2.00 bits per heavy atom. The molecule has 2 aromatic heterocycles. The van der Waals surface area contributed by atoms with Crippen molar-refractivity contribution in [1.29, 1.82) is 0 Å². The van der Waals surface area contributed by atoms with E-state index in [1.807, 2.05) is 35.7 Å². The summed E-state index contributed by atoms with van der Waals surface area (Å²) in [7, 11) is 0. The minimum Gasteiger partial charge on any atom is -0.352 e. The summed E-state index contributed by atoms with van der Waals surface area (Å²) in [4.78, 5) is 26.7. The average Bonchev–Trinajstić information content (AvgIpc) is 2.99. The van der Waals surface area contributed by atoms with E-state index < -0.39 is 4.92 Å². The maximum Gasteiger partial charge on any atom is 0.269 e. The first-order valence-electron chi connectivity index (χ1n) is 7.51. The SMILES string of the molecule is Cc1cccc2nc(CCNC(=O)c3ccc([N+](=O)[O-])cc3)cn12. The van der Waals surface area contributed by atoms with Crippen molar-refractivity contribution in [2.45, 2.75) is 13.3 Å². The van der Waals surface area contributed by atoms with Crippen LogP contribution in [0.5, 0.6) is 0 Å². The van der Waals surface area contributed by atoms with E-state index in [4.69, 9.17) is 0 Å². The summed E-state index contributed by atoms with van der Waals surface area (Å²) < 4.78 is 2.01. The Hall–Kier alpha value is -3.22. The molecule has 0 fully saturated rings. The lowest BCUT2D eigenvalue weighted by molar-refractivity contribution is -0.384. The molecule has 3 rings (SSSR count). The van der Waals surface area contributed by atoms with E-state index in [1.54, 1.807) is 0 Å². The standard InChI is InChI=1S/C17H16N4O3/c1-12-3-2-4-16-19-14(11-20(12)16)9-10-18-17(22)13-5-7-15(8-6-13)21(23)24/h2-8,11H,9-10H2,1H3,(H,18,22). The Kier molecular flexibility index (Phi) is 4.24. The molecule has 1 amide bonds. The molecular formula is C17H16N4O3. The highest BCUT2D eigenvalue weighted by Crippen LogP contribution is 2.12. The second kappa shape index (κ2) is 6.49. The third-order valence-electron chi connectivity index (χ3n) is 3.75. The summed E-state index contributed by atoms with van der Waals surface area (Å²) >= 11 is 0. The largest absolute Gasteiger partial charge is 0.352 e. The van der Waals surface area contributed by atoms with E-state index in [0.717, 1.165) is 17.0 Å². The number of aromatic nitrogens is 2. The first kappa shape index (κ1) is 15.7. The molecule has 7 heteroatoms. The highest BCUT2D eigenvalue weighted by molar-refractivity contribution is 5.94. The number of carbonyl (C=O) groups excluding carboxylic acids is 1. The topological polar surface area (TPSA) is 89.5 Å². The van der Waals surface area contributed by atoms with Crippen LogP contribution in [0, 0.1) is 17.0 Å². The van der Waals surface area contributed by atoms with Crippen molar-refractivity contribution in [3.8, 4) is 0 Å². The number of benzene rings is 1. The van der Waals surface area contributed by atoms with Crippen LogP contribution >= 0.6 is 0 Å². The molecule has 0 aliphatic heterocycles. The fourth-order valence-corrected chi connectivity index (χ4v) is 2.46. The minimum absolute atomic E-state index is 0.0355. The molecule has 0 saturated heterocycles.